The van der Waals surface area contributed by atoms with Crippen molar-refractivity contribution in [2.75, 3.05) is 5.32 Å². The van der Waals surface area contributed by atoms with Crippen LogP contribution >= 0.6 is 0 Å². The van der Waals surface area contributed by atoms with E-state index in [1.54, 1.807) is 30.3 Å². The van der Waals surface area contributed by atoms with Crippen LogP contribution in [0.3, 0.4) is 0 Å². The first-order chi connectivity index (χ1) is 12.1. The highest BCUT2D eigenvalue weighted by Crippen LogP contribution is 2.22. The van der Waals surface area contributed by atoms with Crippen LogP contribution < -0.4 is 10.9 Å². The van der Waals surface area contributed by atoms with E-state index in [4.69, 9.17) is 4.42 Å². The van der Waals surface area contributed by atoms with Crippen molar-refractivity contribution in [3.05, 3.63) is 71.0 Å². The molecule has 0 aliphatic rings. The molecule has 0 bridgehead atoms. The lowest BCUT2D eigenvalue weighted by Crippen LogP contribution is -2.20. The lowest BCUT2D eigenvalue weighted by molar-refractivity contribution is -0.116. The van der Waals surface area contributed by atoms with E-state index in [0.29, 0.717) is 16.5 Å². The summed E-state index contributed by atoms with van der Waals surface area (Å²) in [5.41, 5.74) is 0.495. The van der Waals surface area contributed by atoms with Crippen molar-refractivity contribution in [1.82, 2.24) is 9.78 Å². The molecule has 0 fully saturated rings. The Morgan fingerprint density at radius 3 is 2.72 bits per heavy atom. The lowest BCUT2D eigenvalue weighted by Gasteiger charge is -2.08. The van der Waals surface area contributed by atoms with Gasteiger partial charge in [0, 0.05) is 5.39 Å². The number of para-hydroxylation sites is 2. The molecule has 7 heteroatoms. The molecule has 0 saturated carbocycles. The maximum atomic E-state index is 13.7. The van der Waals surface area contributed by atoms with Crippen molar-refractivity contribution in [1.29, 1.82) is 0 Å². The van der Waals surface area contributed by atoms with Gasteiger partial charge >= 0.3 is 5.63 Å². The number of carbonyl (C=O) groups is 1. The fourth-order valence-corrected chi connectivity index (χ4v) is 2.73. The van der Waals surface area contributed by atoms with E-state index < -0.39 is 17.3 Å². The topological polar surface area (TPSA) is 77.1 Å². The molecule has 0 aliphatic carbocycles. The van der Waals surface area contributed by atoms with Crippen LogP contribution in [0.2, 0.25) is 0 Å². The van der Waals surface area contributed by atoms with Gasteiger partial charge in [-0.1, -0.05) is 24.3 Å². The number of fused-ring (bicyclic) bond motifs is 3. The molecule has 0 saturated heterocycles. The van der Waals surface area contributed by atoms with Crippen molar-refractivity contribution in [3.8, 4) is 0 Å². The number of nitrogens with zero attached hydrogens (tertiary/aromatic N) is 2. The van der Waals surface area contributed by atoms with Crippen molar-refractivity contribution >= 4 is 33.5 Å². The number of hydrogen-bond acceptors (Lipinski definition) is 4. The zero-order valence-electron chi connectivity index (χ0n) is 12.9. The number of hydrogen-bond donors (Lipinski definition) is 1. The third-order valence-electron chi connectivity index (χ3n) is 3.85. The molecule has 124 valence electrons. The van der Waals surface area contributed by atoms with E-state index in [9.17, 15) is 14.0 Å². The molecule has 0 spiro atoms. The predicted molar refractivity (Wildman–Crippen MR) is 90.8 cm³/mol. The van der Waals surface area contributed by atoms with E-state index in [1.807, 2.05) is 0 Å². The first-order valence-electron chi connectivity index (χ1n) is 7.55. The minimum Gasteiger partial charge on any atom is -0.422 e. The summed E-state index contributed by atoms with van der Waals surface area (Å²) in [5.74, 6) is -0.973. The largest absolute Gasteiger partial charge is 0.422 e. The van der Waals surface area contributed by atoms with Gasteiger partial charge in [0.2, 0.25) is 5.91 Å². The standard InChI is InChI=1S/C18H12FN3O3/c19-13-6-2-3-7-14(13)21-16(23)10-22-17-11-5-1-4-8-15(11)25-18(24)12(17)9-20-22/h1-9H,10H2,(H,21,23). The molecule has 0 aliphatic heterocycles. The van der Waals surface area contributed by atoms with Crippen molar-refractivity contribution < 1.29 is 13.6 Å². The fraction of sp³-hybridized carbons (Fsp3) is 0.0556. The molecule has 2 heterocycles. The van der Waals surface area contributed by atoms with Crippen LogP contribution in [0.1, 0.15) is 0 Å². The van der Waals surface area contributed by atoms with Gasteiger partial charge < -0.3 is 9.73 Å². The summed E-state index contributed by atoms with van der Waals surface area (Å²) in [4.78, 5) is 24.3. The molecule has 4 aromatic rings. The number of nitrogens with one attached hydrogen (secondary N) is 1. The number of anilines is 1. The number of halogens is 1. The Kier molecular flexibility index (Phi) is 3.53. The van der Waals surface area contributed by atoms with Gasteiger partial charge in [-0.3, -0.25) is 9.48 Å². The smallest absolute Gasteiger partial charge is 0.347 e. The van der Waals surface area contributed by atoms with Gasteiger partial charge in [-0.25, -0.2) is 9.18 Å². The normalized spacial score (nSPS) is 11.1. The highest BCUT2D eigenvalue weighted by molar-refractivity contribution is 6.02. The molecule has 1 N–H and O–H groups in total. The van der Waals surface area contributed by atoms with Crippen LogP contribution in [0.15, 0.2) is 63.9 Å². The average Bonchev–Trinajstić information content (AvgIpc) is 3.02. The second-order valence-corrected chi connectivity index (χ2v) is 5.48. The zero-order valence-corrected chi connectivity index (χ0v) is 12.9. The predicted octanol–water partition coefficient (Wildman–Crippen LogP) is 2.92. The molecule has 6 nitrogen and oxygen atoms in total. The molecule has 2 aromatic carbocycles. The molecule has 1 amide bonds. The maximum absolute atomic E-state index is 13.7. The van der Waals surface area contributed by atoms with Gasteiger partial charge in [-0.15, -0.1) is 0 Å². The summed E-state index contributed by atoms with van der Waals surface area (Å²) in [6.45, 7) is -0.161. The van der Waals surface area contributed by atoms with E-state index in [1.165, 1.54) is 29.1 Å². The molecular weight excluding hydrogens is 325 g/mol. The van der Waals surface area contributed by atoms with Gasteiger partial charge in [0.25, 0.3) is 0 Å². The van der Waals surface area contributed by atoms with Crippen LogP contribution in [-0.4, -0.2) is 15.7 Å². The number of rotatable bonds is 3. The van der Waals surface area contributed by atoms with Crippen LogP contribution in [0, 0.1) is 5.82 Å². The minimum absolute atomic E-state index is 0.0910. The van der Waals surface area contributed by atoms with Crippen molar-refractivity contribution in [2.24, 2.45) is 0 Å². The first kappa shape index (κ1) is 15.1. The van der Waals surface area contributed by atoms with Crippen molar-refractivity contribution in [2.45, 2.75) is 6.54 Å². The van der Waals surface area contributed by atoms with Gasteiger partial charge in [0.05, 0.1) is 17.4 Å². The zero-order chi connectivity index (χ0) is 17.4. The van der Waals surface area contributed by atoms with Crippen LogP contribution in [0.5, 0.6) is 0 Å². The van der Waals surface area contributed by atoms with Gasteiger partial charge in [0.1, 0.15) is 23.3 Å². The fourth-order valence-electron chi connectivity index (χ4n) is 2.73. The van der Waals surface area contributed by atoms with E-state index >= 15 is 0 Å². The van der Waals surface area contributed by atoms with Crippen LogP contribution in [-0.2, 0) is 11.3 Å². The Labute approximate surface area is 140 Å². The third kappa shape index (κ3) is 2.65. The van der Waals surface area contributed by atoms with E-state index in [2.05, 4.69) is 10.4 Å². The van der Waals surface area contributed by atoms with E-state index in [0.717, 1.165) is 0 Å². The number of carbonyl (C=O) groups excluding carboxylic acids is 1. The Morgan fingerprint density at radius 1 is 1.12 bits per heavy atom. The SMILES string of the molecule is O=C(Cn1ncc2c(=O)oc3ccccc3c21)Nc1ccccc1F. The number of amides is 1. The molecule has 0 radical (unpaired) electrons. The monoisotopic (exact) mass is 337 g/mol. The molecule has 0 unspecified atom stereocenters. The Bertz CT molecular complexity index is 1160. The summed E-state index contributed by atoms with van der Waals surface area (Å²) in [6.07, 6.45) is 1.37. The Balaban J connectivity index is 1.74. The average molecular weight is 337 g/mol. The summed E-state index contributed by atoms with van der Waals surface area (Å²) in [7, 11) is 0. The van der Waals surface area contributed by atoms with Gasteiger partial charge in [0.15, 0.2) is 0 Å². The first-order valence-corrected chi connectivity index (χ1v) is 7.55. The summed E-state index contributed by atoms with van der Waals surface area (Å²) >= 11 is 0. The molecule has 0 atom stereocenters. The molecule has 4 rings (SSSR count). The summed E-state index contributed by atoms with van der Waals surface area (Å²) < 4.78 is 20.3. The summed E-state index contributed by atoms with van der Waals surface area (Å²) in [6, 6.07) is 12.9. The maximum Gasteiger partial charge on any atom is 0.347 e. The van der Waals surface area contributed by atoms with E-state index in [-0.39, 0.29) is 17.6 Å². The number of benzene rings is 2. The minimum atomic E-state index is -0.521. The third-order valence-corrected chi connectivity index (χ3v) is 3.85. The lowest BCUT2D eigenvalue weighted by atomic mass is 10.2. The second kappa shape index (κ2) is 5.86. The Morgan fingerprint density at radius 2 is 1.88 bits per heavy atom. The number of aromatic nitrogens is 2. The van der Waals surface area contributed by atoms with Crippen LogP contribution in [0.25, 0.3) is 21.9 Å². The Hall–Kier alpha value is -3.48. The highest BCUT2D eigenvalue weighted by Gasteiger charge is 2.15. The van der Waals surface area contributed by atoms with Crippen molar-refractivity contribution in [3.63, 3.8) is 0 Å². The van der Waals surface area contributed by atoms with Gasteiger partial charge in [-0.05, 0) is 24.3 Å². The summed E-state index contributed by atoms with van der Waals surface area (Å²) in [5, 5.41) is 7.58. The second-order valence-electron chi connectivity index (χ2n) is 5.48. The van der Waals surface area contributed by atoms with Gasteiger partial charge in [-0.2, -0.15) is 5.10 Å². The molecule has 25 heavy (non-hydrogen) atoms. The molecular formula is C18H12FN3O3. The molecule has 2 aromatic heterocycles. The van der Waals surface area contributed by atoms with Crippen LogP contribution in [0.4, 0.5) is 10.1 Å². The highest BCUT2D eigenvalue weighted by atomic mass is 19.1. The quantitative estimate of drug-likeness (QED) is 0.583.